The van der Waals surface area contributed by atoms with Crippen LogP contribution >= 0.6 is 0 Å². The molecule has 0 fully saturated rings. The van der Waals surface area contributed by atoms with Gasteiger partial charge in [-0.25, -0.2) is 9.80 Å². The minimum Gasteiger partial charge on any atom is -0.493 e. The third kappa shape index (κ3) is 2.86. The topological polar surface area (TPSA) is 116 Å². The molecular weight excluding hydrogens is 392 g/mol. The number of aliphatic hydroxyl groups is 1. The van der Waals surface area contributed by atoms with Crippen LogP contribution < -0.4 is 25.7 Å². The number of hydrazone groups is 1. The van der Waals surface area contributed by atoms with E-state index < -0.39 is 11.2 Å². The summed E-state index contributed by atoms with van der Waals surface area (Å²) >= 11 is 0. The van der Waals surface area contributed by atoms with Crippen LogP contribution in [0.3, 0.4) is 0 Å². The molecule has 0 saturated carbocycles. The van der Waals surface area contributed by atoms with Crippen LogP contribution in [0.1, 0.15) is 5.56 Å². The van der Waals surface area contributed by atoms with Crippen molar-refractivity contribution < 1.29 is 14.6 Å². The highest BCUT2D eigenvalue weighted by Gasteiger charge is 2.27. The quantitative estimate of drug-likeness (QED) is 0.608. The Morgan fingerprint density at radius 2 is 1.83 bits per heavy atom. The molecule has 1 aromatic carbocycles. The lowest BCUT2D eigenvalue weighted by atomic mass is 10.1. The van der Waals surface area contributed by atoms with E-state index in [1.165, 1.54) is 16.6 Å². The number of rotatable bonds is 5. The van der Waals surface area contributed by atoms with Gasteiger partial charge in [-0.2, -0.15) is 10.1 Å². The third-order valence-corrected chi connectivity index (χ3v) is 5.14. The molecule has 158 valence electrons. The number of fused-ring (bicyclic) bond motifs is 3. The summed E-state index contributed by atoms with van der Waals surface area (Å²) in [5.41, 5.74) is 1.08. The van der Waals surface area contributed by atoms with Crippen LogP contribution in [0.2, 0.25) is 0 Å². The van der Waals surface area contributed by atoms with E-state index in [1.807, 2.05) is 6.07 Å². The molecule has 0 saturated heterocycles. The Balaban J connectivity index is 1.92. The largest absolute Gasteiger partial charge is 0.493 e. The Hall–Kier alpha value is -3.60. The van der Waals surface area contributed by atoms with E-state index in [2.05, 4.69) is 10.1 Å². The monoisotopic (exact) mass is 414 g/mol. The summed E-state index contributed by atoms with van der Waals surface area (Å²) in [7, 11) is 6.11. The first-order valence-corrected chi connectivity index (χ1v) is 9.25. The first-order chi connectivity index (χ1) is 14.4. The number of nitrogens with zero attached hydrogens (tertiary/aromatic N) is 6. The van der Waals surface area contributed by atoms with Crippen LogP contribution in [0, 0.1) is 0 Å². The van der Waals surface area contributed by atoms with Crippen LogP contribution in [0.15, 0.2) is 32.9 Å². The fraction of sp³-hybridized carbons (Fsp3) is 0.368. The lowest BCUT2D eigenvalue weighted by Gasteiger charge is -2.25. The van der Waals surface area contributed by atoms with E-state index in [0.717, 1.165) is 10.1 Å². The predicted molar refractivity (Wildman–Crippen MR) is 111 cm³/mol. The van der Waals surface area contributed by atoms with Gasteiger partial charge < -0.3 is 14.6 Å². The molecule has 1 aliphatic rings. The second-order valence-corrected chi connectivity index (χ2v) is 6.84. The molecule has 2 aromatic heterocycles. The van der Waals surface area contributed by atoms with Crippen molar-refractivity contribution in [2.24, 2.45) is 19.2 Å². The molecule has 0 unspecified atom stereocenters. The zero-order valence-electron chi connectivity index (χ0n) is 17.1. The lowest BCUT2D eigenvalue weighted by molar-refractivity contribution is 0.301. The molecule has 0 bridgehead atoms. The summed E-state index contributed by atoms with van der Waals surface area (Å²) in [5, 5.41) is 15.7. The summed E-state index contributed by atoms with van der Waals surface area (Å²) < 4.78 is 14.8. The van der Waals surface area contributed by atoms with Gasteiger partial charge in [-0.1, -0.05) is 0 Å². The van der Waals surface area contributed by atoms with Crippen molar-refractivity contribution in [2.75, 3.05) is 32.4 Å². The van der Waals surface area contributed by atoms with Crippen molar-refractivity contribution in [3.8, 4) is 11.5 Å². The van der Waals surface area contributed by atoms with Crippen LogP contribution in [-0.2, 0) is 20.6 Å². The number of aliphatic hydroxyl groups excluding tert-OH is 1. The van der Waals surface area contributed by atoms with Crippen molar-refractivity contribution >= 4 is 22.8 Å². The minimum absolute atomic E-state index is 0.164. The van der Waals surface area contributed by atoms with E-state index in [4.69, 9.17) is 9.47 Å². The van der Waals surface area contributed by atoms with Gasteiger partial charge in [-0.15, -0.1) is 0 Å². The third-order valence-electron chi connectivity index (χ3n) is 5.14. The molecule has 0 atom stereocenters. The number of hydrogen-bond acceptors (Lipinski definition) is 8. The normalized spacial score (nSPS) is 13.4. The van der Waals surface area contributed by atoms with E-state index in [9.17, 15) is 14.7 Å². The Morgan fingerprint density at radius 3 is 2.50 bits per heavy atom. The number of benzene rings is 1. The summed E-state index contributed by atoms with van der Waals surface area (Å²) in [6, 6.07) is 5.42. The number of ether oxygens (including phenoxy) is 2. The van der Waals surface area contributed by atoms with Gasteiger partial charge in [0.15, 0.2) is 22.7 Å². The first kappa shape index (κ1) is 19.7. The summed E-state index contributed by atoms with van der Waals surface area (Å²) in [5.74, 6) is 1.52. The van der Waals surface area contributed by atoms with Crippen molar-refractivity contribution in [2.45, 2.75) is 6.54 Å². The Morgan fingerprint density at radius 1 is 1.10 bits per heavy atom. The second-order valence-electron chi connectivity index (χ2n) is 6.84. The average Bonchev–Trinajstić information content (AvgIpc) is 3.15. The number of anilines is 1. The Labute approximate surface area is 171 Å². The Bertz CT molecular complexity index is 1290. The van der Waals surface area contributed by atoms with Gasteiger partial charge in [-0.05, 0) is 18.2 Å². The van der Waals surface area contributed by atoms with E-state index >= 15 is 0 Å². The molecule has 0 amide bonds. The van der Waals surface area contributed by atoms with E-state index in [0.29, 0.717) is 28.7 Å². The van der Waals surface area contributed by atoms with Crippen molar-refractivity contribution in [3.05, 3.63) is 44.6 Å². The maximum atomic E-state index is 12.9. The van der Waals surface area contributed by atoms with Gasteiger partial charge in [0.25, 0.3) is 5.56 Å². The molecule has 0 aliphatic carbocycles. The standard InChI is InChI=1S/C19H22N6O5/c1-22-16-15(17(27)23(2)19(22)28)24-10-12(21-25(7-8-26)18(24)20-16)11-5-6-13(29-3)14(9-11)30-4/h5-6,9,26H,7-8,10H2,1-4H3. The zero-order chi connectivity index (χ0) is 21.6. The zero-order valence-corrected chi connectivity index (χ0v) is 17.1. The number of methoxy groups -OCH3 is 2. The first-order valence-electron chi connectivity index (χ1n) is 9.25. The molecule has 11 nitrogen and oxygen atoms in total. The number of hydrogen-bond donors (Lipinski definition) is 1. The summed E-state index contributed by atoms with van der Waals surface area (Å²) in [6.45, 7) is 0.272. The number of aryl methyl sites for hydroxylation is 1. The van der Waals surface area contributed by atoms with Gasteiger partial charge in [-0.3, -0.25) is 18.5 Å². The fourth-order valence-corrected chi connectivity index (χ4v) is 3.56. The van der Waals surface area contributed by atoms with Crippen molar-refractivity contribution in [1.82, 2.24) is 18.7 Å². The maximum absolute atomic E-state index is 12.9. The fourth-order valence-electron chi connectivity index (χ4n) is 3.56. The summed E-state index contributed by atoms with van der Waals surface area (Å²) in [6.07, 6.45) is 0. The highest BCUT2D eigenvalue weighted by molar-refractivity contribution is 6.03. The van der Waals surface area contributed by atoms with Crippen LogP contribution in [-0.4, -0.2) is 56.9 Å². The van der Waals surface area contributed by atoms with Crippen molar-refractivity contribution in [1.29, 1.82) is 0 Å². The van der Waals surface area contributed by atoms with Crippen LogP contribution in [0.5, 0.6) is 11.5 Å². The molecule has 1 N–H and O–H groups in total. The molecule has 3 heterocycles. The minimum atomic E-state index is -0.460. The molecule has 0 spiro atoms. The van der Waals surface area contributed by atoms with Gasteiger partial charge in [0.05, 0.1) is 39.6 Å². The van der Waals surface area contributed by atoms with E-state index in [-0.39, 0.29) is 25.3 Å². The molecular formula is C19H22N6O5. The average molecular weight is 414 g/mol. The molecule has 1 aliphatic heterocycles. The molecule has 0 radical (unpaired) electrons. The van der Waals surface area contributed by atoms with Gasteiger partial charge in [0.2, 0.25) is 5.95 Å². The van der Waals surface area contributed by atoms with Crippen molar-refractivity contribution in [3.63, 3.8) is 0 Å². The lowest BCUT2D eigenvalue weighted by Crippen LogP contribution is -2.38. The molecule has 11 heteroatoms. The Kier molecular flexibility index (Phi) is 4.82. The van der Waals surface area contributed by atoms with Gasteiger partial charge in [0, 0.05) is 19.7 Å². The maximum Gasteiger partial charge on any atom is 0.332 e. The molecule has 3 aromatic rings. The highest BCUT2D eigenvalue weighted by atomic mass is 16.5. The smallest absolute Gasteiger partial charge is 0.332 e. The highest BCUT2D eigenvalue weighted by Crippen LogP contribution is 2.30. The summed E-state index contributed by atoms with van der Waals surface area (Å²) in [4.78, 5) is 29.7. The number of imidazole rings is 1. The molecule has 4 rings (SSSR count). The number of β-amino-alcohol motifs (C(OH)–C–C–N with tert-alkyl or cyclic N) is 1. The van der Waals surface area contributed by atoms with Gasteiger partial charge >= 0.3 is 5.69 Å². The second kappa shape index (κ2) is 7.34. The van der Waals surface area contributed by atoms with E-state index in [1.54, 1.807) is 38.0 Å². The van der Waals surface area contributed by atoms with Gasteiger partial charge in [0.1, 0.15) is 0 Å². The SMILES string of the molecule is COc1ccc(C2=NN(CCO)c3nc4c(c(=O)n(C)c(=O)n4C)n3C2)cc1OC. The predicted octanol–water partition coefficient (Wildman–Crippen LogP) is -0.332. The van der Waals surface area contributed by atoms with Crippen LogP contribution in [0.25, 0.3) is 11.2 Å². The number of aromatic nitrogens is 4. The molecule has 30 heavy (non-hydrogen) atoms. The van der Waals surface area contributed by atoms with Crippen LogP contribution in [0.4, 0.5) is 5.95 Å².